The molecule has 0 bridgehead atoms. The first-order chi connectivity index (χ1) is 9.05. The number of hydrogen-bond acceptors (Lipinski definition) is 4. The molecule has 0 spiro atoms. The van der Waals surface area contributed by atoms with Gasteiger partial charge in [0.2, 0.25) is 10.0 Å². The third-order valence-corrected chi connectivity index (χ3v) is 6.28. The van der Waals surface area contributed by atoms with Gasteiger partial charge in [-0.1, -0.05) is 13.8 Å². The number of nitrogen functional groups attached to an aromatic ring is 1. The van der Waals surface area contributed by atoms with Crippen LogP contribution in [-0.4, -0.2) is 25.7 Å². The van der Waals surface area contributed by atoms with Gasteiger partial charge in [-0.15, -0.1) is 0 Å². The van der Waals surface area contributed by atoms with Crippen LogP contribution in [-0.2, 0) is 10.0 Å². The zero-order chi connectivity index (χ0) is 15.3. The van der Waals surface area contributed by atoms with Crippen molar-refractivity contribution in [3.8, 4) is 0 Å². The molecule has 0 radical (unpaired) electrons. The molecule has 0 saturated heterocycles. The van der Waals surface area contributed by atoms with E-state index in [2.05, 4.69) is 20.7 Å². The summed E-state index contributed by atoms with van der Waals surface area (Å²) in [5.74, 6) is -0.685. The number of halogens is 2. The zero-order valence-corrected chi connectivity index (χ0v) is 13.4. The largest absolute Gasteiger partial charge is 0.396 e. The number of aliphatic hydroxyl groups excluding tert-OH is 1. The van der Waals surface area contributed by atoms with Crippen LogP contribution in [0.15, 0.2) is 21.5 Å². The summed E-state index contributed by atoms with van der Waals surface area (Å²) < 4.78 is 40.5. The van der Waals surface area contributed by atoms with Crippen molar-refractivity contribution in [2.45, 2.75) is 37.3 Å². The summed E-state index contributed by atoms with van der Waals surface area (Å²) in [4.78, 5) is -0.117. The van der Waals surface area contributed by atoms with Gasteiger partial charge in [0.05, 0.1) is 16.7 Å². The van der Waals surface area contributed by atoms with Crippen LogP contribution in [0, 0.1) is 11.2 Å². The molecule has 20 heavy (non-hydrogen) atoms. The summed E-state index contributed by atoms with van der Waals surface area (Å²) in [5.41, 5.74) is 4.64. The summed E-state index contributed by atoms with van der Waals surface area (Å²) in [6, 6.07) is 1.72. The molecule has 1 fully saturated rings. The molecule has 2 rings (SSSR count). The van der Waals surface area contributed by atoms with Gasteiger partial charge in [0, 0.05) is 15.9 Å². The van der Waals surface area contributed by atoms with Crippen LogP contribution in [0.3, 0.4) is 0 Å². The van der Waals surface area contributed by atoms with Crippen LogP contribution in [0.25, 0.3) is 0 Å². The highest BCUT2D eigenvalue weighted by Crippen LogP contribution is 2.41. The summed E-state index contributed by atoms with van der Waals surface area (Å²) in [6.45, 7) is 3.56. The maximum absolute atomic E-state index is 13.3. The molecule has 2 atom stereocenters. The number of nitrogens with two attached hydrogens (primary N) is 1. The fourth-order valence-electron chi connectivity index (χ4n) is 2.10. The predicted octanol–water partition coefficient (Wildman–Crippen LogP) is 1.61. The fourth-order valence-corrected chi connectivity index (χ4v) is 4.56. The second kappa shape index (κ2) is 4.94. The van der Waals surface area contributed by atoms with Gasteiger partial charge in [-0.05, 0) is 34.5 Å². The lowest BCUT2D eigenvalue weighted by Gasteiger charge is -2.49. The minimum absolute atomic E-state index is 0.106. The van der Waals surface area contributed by atoms with Crippen LogP contribution in [0.4, 0.5) is 10.1 Å². The summed E-state index contributed by atoms with van der Waals surface area (Å²) in [5, 5.41) is 9.63. The molecule has 1 aliphatic rings. The first-order valence-electron chi connectivity index (χ1n) is 6.00. The Labute approximate surface area is 125 Å². The Bertz CT molecular complexity index is 648. The molecule has 0 aromatic heterocycles. The molecule has 5 nitrogen and oxygen atoms in total. The predicted molar refractivity (Wildman–Crippen MR) is 77.0 cm³/mol. The molecular weight excluding hydrogens is 351 g/mol. The second-order valence-electron chi connectivity index (χ2n) is 5.55. The Morgan fingerprint density at radius 1 is 1.50 bits per heavy atom. The molecule has 0 heterocycles. The van der Waals surface area contributed by atoms with E-state index in [0.29, 0.717) is 6.42 Å². The fraction of sp³-hybridized carbons (Fsp3) is 0.500. The monoisotopic (exact) mass is 366 g/mol. The van der Waals surface area contributed by atoms with Crippen molar-refractivity contribution in [3.05, 3.63) is 22.4 Å². The number of benzene rings is 1. The van der Waals surface area contributed by atoms with E-state index in [0.717, 1.165) is 12.1 Å². The number of nitrogens with one attached hydrogen (secondary N) is 1. The smallest absolute Gasteiger partial charge is 0.242 e. The van der Waals surface area contributed by atoms with Crippen molar-refractivity contribution < 1.29 is 17.9 Å². The highest BCUT2D eigenvalue weighted by molar-refractivity contribution is 9.10. The van der Waals surface area contributed by atoms with E-state index < -0.39 is 27.4 Å². The van der Waals surface area contributed by atoms with E-state index >= 15 is 0 Å². The van der Waals surface area contributed by atoms with Gasteiger partial charge in [0.1, 0.15) is 5.82 Å². The van der Waals surface area contributed by atoms with E-state index in [-0.39, 0.29) is 21.1 Å². The number of sulfonamides is 1. The lowest BCUT2D eigenvalue weighted by Crippen LogP contribution is -2.61. The van der Waals surface area contributed by atoms with Crippen LogP contribution in [0.5, 0.6) is 0 Å². The third-order valence-electron chi connectivity index (χ3n) is 3.85. The Hall–Kier alpha value is -0.700. The maximum Gasteiger partial charge on any atom is 0.242 e. The van der Waals surface area contributed by atoms with Gasteiger partial charge >= 0.3 is 0 Å². The van der Waals surface area contributed by atoms with Gasteiger partial charge in [-0.2, -0.15) is 0 Å². The van der Waals surface area contributed by atoms with Crippen LogP contribution in [0.2, 0.25) is 0 Å². The maximum atomic E-state index is 13.3. The lowest BCUT2D eigenvalue weighted by molar-refractivity contribution is -0.0645. The van der Waals surface area contributed by atoms with E-state index in [4.69, 9.17) is 5.73 Å². The van der Waals surface area contributed by atoms with E-state index in [1.165, 1.54) is 0 Å². The standard InChI is InChI=1S/C12H16BrFN2O3S/c1-12(2)10(5-11(12)17)16-20(18,19)9-4-8(15)7(14)3-6(9)13/h3-4,10-11,16-17H,5,15H2,1-2H3. The van der Waals surface area contributed by atoms with Crippen molar-refractivity contribution in [3.63, 3.8) is 0 Å². The van der Waals surface area contributed by atoms with Gasteiger partial charge in [0.25, 0.3) is 0 Å². The zero-order valence-electron chi connectivity index (χ0n) is 11.0. The summed E-state index contributed by atoms with van der Waals surface area (Å²) >= 11 is 3.02. The summed E-state index contributed by atoms with van der Waals surface area (Å²) in [6.07, 6.45) is -0.197. The molecule has 112 valence electrons. The normalized spacial score (nSPS) is 25.2. The van der Waals surface area contributed by atoms with Crippen molar-refractivity contribution in [1.29, 1.82) is 0 Å². The molecule has 1 aromatic carbocycles. The first kappa shape index (κ1) is 15.7. The van der Waals surface area contributed by atoms with Crippen LogP contribution in [0.1, 0.15) is 20.3 Å². The molecular formula is C12H16BrFN2O3S. The van der Waals surface area contributed by atoms with Crippen LogP contribution < -0.4 is 10.5 Å². The number of rotatable bonds is 3. The molecule has 8 heteroatoms. The second-order valence-corrected chi connectivity index (χ2v) is 8.09. The number of aliphatic hydroxyl groups is 1. The molecule has 4 N–H and O–H groups in total. The SMILES string of the molecule is CC1(C)C(O)CC1NS(=O)(=O)c1cc(N)c(F)cc1Br. The van der Waals surface area contributed by atoms with Crippen molar-refractivity contribution >= 4 is 31.6 Å². The van der Waals surface area contributed by atoms with Gasteiger partial charge in [-0.25, -0.2) is 17.5 Å². The molecule has 2 unspecified atom stereocenters. The average Bonchev–Trinajstić information content (AvgIpc) is 2.33. The van der Waals surface area contributed by atoms with E-state index in [9.17, 15) is 17.9 Å². The van der Waals surface area contributed by atoms with Gasteiger partial charge in [0.15, 0.2) is 0 Å². The molecule has 0 amide bonds. The molecule has 1 aliphatic carbocycles. The van der Waals surface area contributed by atoms with Gasteiger partial charge < -0.3 is 10.8 Å². The third kappa shape index (κ3) is 2.57. The Morgan fingerprint density at radius 2 is 2.10 bits per heavy atom. The van der Waals surface area contributed by atoms with Crippen molar-refractivity contribution in [1.82, 2.24) is 4.72 Å². The Kier molecular flexibility index (Phi) is 3.87. The Balaban J connectivity index is 2.31. The Morgan fingerprint density at radius 3 is 2.60 bits per heavy atom. The van der Waals surface area contributed by atoms with Crippen molar-refractivity contribution in [2.24, 2.45) is 5.41 Å². The molecule has 1 aromatic rings. The average molecular weight is 367 g/mol. The minimum atomic E-state index is -3.84. The highest BCUT2D eigenvalue weighted by Gasteiger charge is 2.49. The lowest BCUT2D eigenvalue weighted by atomic mass is 9.65. The van der Waals surface area contributed by atoms with E-state index in [1.807, 2.05) is 0 Å². The van der Waals surface area contributed by atoms with Crippen molar-refractivity contribution in [2.75, 3.05) is 5.73 Å². The van der Waals surface area contributed by atoms with E-state index in [1.54, 1.807) is 13.8 Å². The number of hydrogen-bond donors (Lipinski definition) is 3. The quantitative estimate of drug-likeness (QED) is 0.708. The molecule has 1 saturated carbocycles. The number of anilines is 1. The summed E-state index contributed by atoms with van der Waals surface area (Å²) in [7, 11) is -3.84. The first-order valence-corrected chi connectivity index (χ1v) is 8.28. The highest BCUT2D eigenvalue weighted by atomic mass is 79.9. The topological polar surface area (TPSA) is 92.4 Å². The molecule has 0 aliphatic heterocycles. The van der Waals surface area contributed by atoms with Crippen LogP contribution >= 0.6 is 15.9 Å². The van der Waals surface area contributed by atoms with Gasteiger partial charge in [-0.3, -0.25) is 0 Å². The minimum Gasteiger partial charge on any atom is -0.396 e.